The number of ether oxygens (including phenoxy) is 2. The highest BCUT2D eigenvalue weighted by molar-refractivity contribution is 5.96. The van der Waals surface area contributed by atoms with E-state index in [0.717, 1.165) is 5.56 Å². The van der Waals surface area contributed by atoms with Crippen molar-refractivity contribution in [2.24, 2.45) is 0 Å². The van der Waals surface area contributed by atoms with Gasteiger partial charge in [0.1, 0.15) is 17.5 Å². The van der Waals surface area contributed by atoms with Gasteiger partial charge in [-0.1, -0.05) is 29.8 Å². The van der Waals surface area contributed by atoms with Gasteiger partial charge in [-0.25, -0.2) is 10.9 Å². The molecule has 1 aliphatic rings. The predicted molar refractivity (Wildman–Crippen MR) is 96.8 cm³/mol. The monoisotopic (exact) mass is 341 g/mol. The van der Waals surface area contributed by atoms with E-state index in [0.29, 0.717) is 23.6 Å². The molecule has 2 aromatic rings. The second-order valence-electron chi connectivity index (χ2n) is 6.10. The molecule has 0 aliphatic carbocycles. The molecule has 6 heteroatoms. The van der Waals surface area contributed by atoms with Gasteiger partial charge in [-0.2, -0.15) is 0 Å². The largest absolute Gasteiger partial charge is 0.497 e. The molecule has 2 aromatic carbocycles. The van der Waals surface area contributed by atoms with Crippen LogP contribution < -0.4 is 25.6 Å². The summed E-state index contributed by atoms with van der Waals surface area (Å²) >= 11 is 0. The van der Waals surface area contributed by atoms with Crippen LogP contribution in [0.5, 0.6) is 11.5 Å². The SMILES string of the molecule is COc1ccc(OC)c(NC(=O)C2CC(c3ccc(C)cc3)NN2)c1. The topological polar surface area (TPSA) is 71.6 Å². The van der Waals surface area contributed by atoms with Gasteiger partial charge in [0.15, 0.2) is 0 Å². The fraction of sp³-hybridized carbons (Fsp3) is 0.316. The molecule has 2 atom stereocenters. The van der Waals surface area contributed by atoms with Gasteiger partial charge in [-0.15, -0.1) is 0 Å². The highest BCUT2D eigenvalue weighted by Gasteiger charge is 2.30. The summed E-state index contributed by atoms with van der Waals surface area (Å²) in [6.07, 6.45) is 0.668. The summed E-state index contributed by atoms with van der Waals surface area (Å²) in [5, 5.41) is 2.91. The molecule has 3 N–H and O–H groups in total. The van der Waals surface area contributed by atoms with Crippen molar-refractivity contribution in [3.63, 3.8) is 0 Å². The van der Waals surface area contributed by atoms with Gasteiger partial charge in [-0.05, 0) is 31.0 Å². The maximum absolute atomic E-state index is 12.6. The molecule has 0 radical (unpaired) electrons. The van der Waals surface area contributed by atoms with Crippen molar-refractivity contribution in [2.45, 2.75) is 25.4 Å². The highest BCUT2D eigenvalue weighted by atomic mass is 16.5. The number of carbonyl (C=O) groups is 1. The number of hydrogen-bond donors (Lipinski definition) is 3. The predicted octanol–water partition coefficient (Wildman–Crippen LogP) is 2.56. The average Bonchev–Trinajstić information content (AvgIpc) is 3.12. The van der Waals surface area contributed by atoms with E-state index in [-0.39, 0.29) is 18.0 Å². The number of anilines is 1. The molecule has 1 amide bonds. The van der Waals surface area contributed by atoms with E-state index < -0.39 is 0 Å². The first-order valence-corrected chi connectivity index (χ1v) is 8.21. The van der Waals surface area contributed by atoms with Gasteiger partial charge in [0.2, 0.25) is 5.91 Å². The van der Waals surface area contributed by atoms with Crippen molar-refractivity contribution in [3.8, 4) is 11.5 Å². The summed E-state index contributed by atoms with van der Waals surface area (Å²) in [4.78, 5) is 12.6. The van der Waals surface area contributed by atoms with Gasteiger partial charge < -0.3 is 14.8 Å². The summed E-state index contributed by atoms with van der Waals surface area (Å²) in [6.45, 7) is 2.06. The van der Waals surface area contributed by atoms with Crippen LogP contribution in [0.15, 0.2) is 42.5 Å². The standard InChI is InChI=1S/C19H23N3O3/c1-12-4-6-13(7-5-12)15-11-17(22-21-15)19(23)20-16-10-14(24-2)8-9-18(16)25-3/h4-10,15,17,21-22H,11H2,1-3H3,(H,20,23). The van der Waals surface area contributed by atoms with E-state index in [1.54, 1.807) is 32.4 Å². The Morgan fingerprint density at radius 1 is 1.08 bits per heavy atom. The fourth-order valence-corrected chi connectivity index (χ4v) is 2.88. The molecule has 1 heterocycles. The van der Waals surface area contributed by atoms with Gasteiger partial charge in [0, 0.05) is 12.1 Å². The number of nitrogens with one attached hydrogen (secondary N) is 3. The van der Waals surface area contributed by atoms with E-state index in [1.165, 1.54) is 5.56 Å². The third-order valence-corrected chi connectivity index (χ3v) is 4.36. The van der Waals surface area contributed by atoms with Crippen LogP contribution in [0.4, 0.5) is 5.69 Å². The normalized spacial score (nSPS) is 19.5. The molecular weight excluding hydrogens is 318 g/mol. The molecular formula is C19H23N3O3. The van der Waals surface area contributed by atoms with E-state index in [2.05, 4.69) is 47.4 Å². The number of hydrogen-bond acceptors (Lipinski definition) is 5. The second kappa shape index (κ2) is 7.55. The first-order chi connectivity index (χ1) is 12.1. The maximum atomic E-state index is 12.6. The van der Waals surface area contributed by atoms with Crippen molar-refractivity contribution in [2.75, 3.05) is 19.5 Å². The van der Waals surface area contributed by atoms with E-state index in [9.17, 15) is 4.79 Å². The summed E-state index contributed by atoms with van der Waals surface area (Å²) in [6, 6.07) is 13.4. The fourth-order valence-electron chi connectivity index (χ4n) is 2.88. The third kappa shape index (κ3) is 3.92. The van der Waals surface area contributed by atoms with Gasteiger partial charge in [0.25, 0.3) is 0 Å². The Hall–Kier alpha value is -2.57. The van der Waals surface area contributed by atoms with E-state index >= 15 is 0 Å². The van der Waals surface area contributed by atoms with Crippen LogP contribution in [0.1, 0.15) is 23.6 Å². The molecule has 1 saturated heterocycles. The smallest absolute Gasteiger partial charge is 0.243 e. The zero-order valence-electron chi connectivity index (χ0n) is 14.6. The first-order valence-electron chi connectivity index (χ1n) is 8.21. The Kier molecular flexibility index (Phi) is 5.21. The molecule has 25 heavy (non-hydrogen) atoms. The van der Waals surface area contributed by atoms with Crippen molar-refractivity contribution >= 4 is 11.6 Å². The lowest BCUT2D eigenvalue weighted by Gasteiger charge is -2.14. The third-order valence-electron chi connectivity index (χ3n) is 4.36. The first kappa shape index (κ1) is 17.3. The van der Waals surface area contributed by atoms with Crippen LogP contribution in [-0.4, -0.2) is 26.2 Å². The number of amides is 1. The molecule has 6 nitrogen and oxygen atoms in total. The minimum absolute atomic E-state index is 0.101. The molecule has 1 fully saturated rings. The average molecular weight is 341 g/mol. The summed E-state index contributed by atoms with van der Waals surface area (Å²) in [5.41, 5.74) is 9.23. The Morgan fingerprint density at radius 2 is 1.84 bits per heavy atom. The Bertz CT molecular complexity index is 746. The number of aryl methyl sites for hydroxylation is 1. The van der Waals surface area contributed by atoms with Gasteiger partial charge >= 0.3 is 0 Å². The van der Waals surface area contributed by atoms with Crippen LogP contribution in [0.25, 0.3) is 0 Å². The molecule has 1 aliphatic heterocycles. The van der Waals surface area contributed by atoms with Crippen molar-refractivity contribution in [1.29, 1.82) is 0 Å². The molecule has 2 unspecified atom stereocenters. The summed E-state index contributed by atoms with van der Waals surface area (Å²) in [7, 11) is 3.16. The quantitative estimate of drug-likeness (QED) is 0.780. The lowest BCUT2D eigenvalue weighted by Crippen LogP contribution is -2.39. The van der Waals surface area contributed by atoms with Gasteiger partial charge in [-0.3, -0.25) is 4.79 Å². The molecule has 0 spiro atoms. The number of rotatable bonds is 5. The highest BCUT2D eigenvalue weighted by Crippen LogP contribution is 2.30. The number of benzene rings is 2. The van der Waals surface area contributed by atoms with Crippen molar-refractivity contribution in [1.82, 2.24) is 10.9 Å². The molecule has 0 saturated carbocycles. The van der Waals surface area contributed by atoms with Crippen LogP contribution in [0, 0.1) is 6.92 Å². The van der Waals surface area contributed by atoms with Crippen molar-refractivity contribution in [3.05, 3.63) is 53.6 Å². The van der Waals surface area contributed by atoms with Crippen LogP contribution in [-0.2, 0) is 4.79 Å². The molecule has 3 rings (SSSR count). The Balaban J connectivity index is 1.67. The number of hydrazine groups is 1. The molecule has 0 aromatic heterocycles. The Labute approximate surface area is 147 Å². The van der Waals surface area contributed by atoms with Crippen LogP contribution in [0.3, 0.4) is 0 Å². The number of carbonyl (C=O) groups excluding carboxylic acids is 1. The molecule has 132 valence electrons. The minimum atomic E-state index is -0.331. The van der Waals surface area contributed by atoms with Crippen LogP contribution >= 0.6 is 0 Å². The lowest BCUT2D eigenvalue weighted by atomic mass is 10.0. The second-order valence-corrected chi connectivity index (χ2v) is 6.10. The molecule has 0 bridgehead atoms. The van der Waals surface area contributed by atoms with Gasteiger partial charge in [0.05, 0.1) is 19.9 Å². The van der Waals surface area contributed by atoms with Crippen molar-refractivity contribution < 1.29 is 14.3 Å². The summed E-state index contributed by atoms with van der Waals surface area (Å²) < 4.78 is 10.5. The zero-order valence-corrected chi connectivity index (χ0v) is 14.6. The maximum Gasteiger partial charge on any atom is 0.243 e. The van der Waals surface area contributed by atoms with Crippen LogP contribution in [0.2, 0.25) is 0 Å². The summed E-state index contributed by atoms with van der Waals surface area (Å²) in [5.74, 6) is 1.13. The lowest BCUT2D eigenvalue weighted by molar-refractivity contribution is -0.117. The number of methoxy groups -OCH3 is 2. The van der Waals surface area contributed by atoms with E-state index in [4.69, 9.17) is 9.47 Å². The Morgan fingerprint density at radius 3 is 2.52 bits per heavy atom. The zero-order chi connectivity index (χ0) is 17.8. The van der Waals surface area contributed by atoms with E-state index in [1.807, 2.05) is 0 Å². The minimum Gasteiger partial charge on any atom is -0.497 e.